The number of aliphatic hydroxyl groups is 1. The molecule has 1 aliphatic carbocycles. The molecule has 1 aromatic carbocycles. The maximum absolute atomic E-state index is 9.59. The standard InChI is InChI=1S/C15H20N2OS2/c1-15(10-18,17-11-6-7-11)8-9-19-14-16-12-4-2-3-5-13(12)20-14/h2-5,11,17-18H,6-10H2,1H3. The summed E-state index contributed by atoms with van der Waals surface area (Å²) in [7, 11) is 0. The molecule has 3 nitrogen and oxygen atoms in total. The number of aliphatic hydroxyl groups excluding tert-OH is 1. The molecule has 1 saturated carbocycles. The van der Waals surface area contributed by atoms with Crippen molar-refractivity contribution >= 4 is 33.3 Å². The normalized spacial score (nSPS) is 18.3. The number of fused-ring (bicyclic) bond motifs is 1. The predicted octanol–water partition coefficient (Wildman–Crippen LogP) is 3.28. The van der Waals surface area contributed by atoms with Crippen LogP contribution in [0.2, 0.25) is 0 Å². The summed E-state index contributed by atoms with van der Waals surface area (Å²) < 4.78 is 2.37. The van der Waals surface area contributed by atoms with E-state index in [1.54, 1.807) is 23.1 Å². The topological polar surface area (TPSA) is 45.2 Å². The number of aromatic nitrogens is 1. The van der Waals surface area contributed by atoms with Gasteiger partial charge in [0.25, 0.3) is 0 Å². The van der Waals surface area contributed by atoms with Crippen molar-refractivity contribution in [3.63, 3.8) is 0 Å². The van der Waals surface area contributed by atoms with Crippen LogP contribution in [0.3, 0.4) is 0 Å². The van der Waals surface area contributed by atoms with Crippen LogP contribution in [0.15, 0.2) is 28.6 Å². The summed E-state index contributed by atoms with van der Waals surface area (Å²) in [4.78, 5) is 4.63. The van der Waals surface area contributed by atoms with E-state index in [-0.39, 0.29) is 12.1 Å². The van der Waals surface area contributed by atoms with Crippen molar-refractivity contribution in [1.82, 2.24) is 10.3 Å². The van der Waals surface area contributed by atoms with E-state index in [4.69, 9.17) is 0 Å². The Morgan fingerprint density at radius 2 is 2.25 bits per heavy atom. The van der Waals surface area contributed by atoms with Gasteiger partial charge in [0.2, 0.25) is 0 Å². The van der Waals surface area contributed by atoms with E-state index < -0.39 is 0 Å². The fraction of sp³-hybridized carbons (Fsp3) is 0.533. The molecular weight excluding hydrogens is 288 g/mol. The van der Waals surface area contributed by atoms with Gasteiger partial charge >= 0.3 is 0 Å². The Balaban J connectivity index is 1.55. The van der Waals surface area contributed by atoms with Crippen LogP contribution in [0.1, 0.15) is 26.2 Å². The van der Waals surface area contributed by atoms with Crippen LogP contribution in [-0.2, 0) is 0 Å². The Hall–Kier alpha value is -0.620. The number of thioether (sulfide) groups is 1. The molecule has 1 aliphatic rings. The van der Waals surface area contributed by atoms with Crippen molar-refractivity contribution in [3.05, 3.63) is 24.3 Å². The zero-order valence-electron chi connectivity index (χ0n) is 11.6. The fourth-order valence-corrected chi connectivity index (χ4v) is 4.54. The minimum atomic E-state index is -0.148. The summed E-state index contributed by atoms with van der Waals surface area (Å²) in [6.07, 6.45) is 3.46. The molecule has 3 rings (SSSR count). The van der Waals surface area contributed by atoms with Crippen LogP contribution in [0, 0.1) is 0 Å². The van der Waals surface area contributed by atoms with Gasteiger partial charge in [-0.05, 0) is 38.3 Å². The molecule has 20 heavy (non-hydrogen) atoms. The highest BCUT2D eigenvalue weighted by Gasteiger charge is 2.31. The Labute approximate surface area is 127 Å². The van der Waals surface area contributed by atoms with Crippen molar-refractivity contribution in [2.45, 2.75) is 42.1 Å². The summed E-state index contributed by atoms with van der Waals surface area (Å²) in [6, 6.07) is 8.88. The fourth-order valence-electron chi connectivity index (χ4n) is 2.19. The summed E-state index contributed by atoms with van der Waals surface area (Å²) in [5.74, 6) is 0.983. The second-order valence-corrected chi connectivity index (χ2v) is 8.06. The van der Waals surface area contributed by atoms with Gasteiger partial charge in [-0.1, -0.05) is 23.9 Å². The second kappa shape index (κ2) is 6.02. The molecule has 0 aliphatic heterocycles. The summed E-state index contributed by atoms with van der Waals surface area (Å²) >= 11 is 3.54. The quantitative estimate of drug-likeness (QED) is 0.771. The van der Waals surface area contributed by atoms with Gasteiger partial charge in [-0.15, -0.1) is 11.3 Å². The van der Waals surface area contributed by atoms with Crippen LogP contribution >= 0.6 is 23.1 Å². The molecule has 1 fully saturated rings. The van der Waals surface area contributed by atoms with Gasteiger partial charge < -0.3 is 10.4 Å². The number of benzene rings is 1. The Kier molecular flexibility index (Phi) is 4.31. The van der Waals surface area contributed by atoms with Gasteiger partial charge in [-0.3, -0.25) is 0 Å². The van der Waals surface area contributed by atoms with Crippen molar-refractivity contribution < 1.29 is 5.11 Å². The van der Waals surface area contributed by atoms with Gasteiger partial charge in [0.05, 0.1) is 16.8 Å². The highest BCUT2D eigenvalue weighted by Crippen LogP contribution is 2.31. The molecule has 0 radical (unpaired) electrons. The lowest BCUT2D eigenvalue weighted by atomic mass is 10.0. The number of rotatable bonds is 7. The number of nitrogens with zero attached hydrogens (tertiary/aromatic N) is 1. The maximum Gasteiger partial charge on any atom is 0.151 e. The highest BCUT2D eigenvalue weighted by molar-refractivity contribution is 8.01. The average molecular weight is 308 g/mol. The summed E-state index contributed by atoms with van der Waals surface area (Å²) in [5, 5.41) is 13.1. The van der Waals surface area contributed by atoms with Crippen molar-refractivity contribution in [1.29, 1.82) is 0 Å². The largest absolute Gasteiger partial charge is 0.394 e. The first-order valence-electron chi connectivity index (χ1n) is 7.05. The van der Waals surface area contributed by atoms with Crippen molar-refractivity contribution in [2.24, 2.45) is 0 Å². The van der Waals surface area contributed by atoms with E-state index in [0.29, 0.717) is 6.04 Å². The zero-order chi connectivity index (χ0) is 14.0. The monoisotopic (exact) mass is 308 g/mol. The van der Waals surface area contributed by atoms with Gasteiger partial charge in [0.15, 0.2) is 4.34 Å². The molecule has 1 heterocycles. The van der Waals surface area contributed by atoms with E-state index in [1.165, 1.54) is 17.5 Å². The van der Waals surface area contributed by atoms with Crippen LogP contribution in [0.4, 0.5) is 0 Å². The minimum Gasteiger partial charge on any atom is -0.394 e. The smallest absolute Gasteiger partial charge is 0.151 e. The molecule has 108 valence electrons. The van der Waals surface area contributed by atoms with E-state index in [1.807, 2.05) is 6.07 Å². The Morgan fingerprint density at radius 3 is 2.95 bits per heavy atom. The molecule has 0 saturated heterocycles. The molecule has 2 aromatic rings. The first-order chi connectivity index (χ1) is 9.68. The number of hydrogen-bond donors (Lipinski definition) is 2. The molecular formula is C15H20N2OS2. The van der Waals surface area contributed by atoms with E-state index in [0.717, 1.165) is 22.0 Å². The third kappa shape index (κ3) is 3.52. The average Bonchev–Trinajstić information content (AvgIpc) is 3.15. The Bertz CT molecular complexity index is 549. The maximum atomic E-state index is 9.59. The molecule has 0 spiro atoms. The lowest BCUT2D eigenvalue weighted by molar-refractivity contribution is 0.169. The first kappa shape index (κ1) is 14.3. The van der Waals surface area contributed by atoms with Gasteiger partial charge in [0.1, 0.15) is 0 Å². The third-order valence-electron chi connectivity index (χ3n) is 3.63. The number of para-hydroxylation sites is 1. The highest BCUT2D eigenvalue weighted by atomic mass is 32.2. The van der Waals surface area contributed by atoms with E-state index in [9.17, 15) is 5.11 Å². The molecule has 2 N–H and O–H groups in total. The van der Waals surface area contributed by atoms with Gasteiger partial charge in [-0.25, -0.2) is 4.98 Å². The lowest BCUT2D eigenvalue weighted by Crippen LogP contribution is -2.47. The summed E-state index contributed by atoms with van der Waals surface area (Å²) in [5.41, 5.74) is 0.936. The molecule has 0 amide bonds. The molecule has 1 unspecified atom stereocenters. The lowest BCUT2D eigenvalue weighted by Gasteiger charge is -2.28. The second-order valence-electron chi connectivity index (χ2n) is 5.68. The van der Waals surface area contributed by atoms with Gasteiger partial charge in [-0.2, -0.15) is 0 Å². The molecule has 1 atom stereocenters. The minimum absolute atomic E-state index is 0.148. The van der Waals surface area contributed by atoms with E-state index >= 15 is 0 Å². The van der Waals surface area contributed by atoms with E-state index in [2.05, 4.69) is 35.4 Å². The third-order valence-corrected chi connectivity index (χ3v) is 5.81. The van der Waals surface area contributed by atoms with Crippen LogP contribution in [0.25, 0.3) is 10.2 Å². The van der Waals surface area contributed by atoms with Crippen molar-refractivity contribution in [3.8, 4) is 0 Å². The SMILES string of the molecule is CC(CO)(CCSc1nc2ccccc2s1)NC1CC1. The van der Waals surface area contributed by atoms with Crippen LogP contribution in [-0.4, -0.2) is 34.0 Å². The van der Waals surface area contributed by atoms with Gasteiger partial charge in [0, 0.05) is 17.3 Å². The molecule has 0 bridgehead atoms. The molecule has 5 heteroatoms. The van der Waals surface area contributed by atoms with Crippen LogP contribution in [0.5, 0.6) is 0 Å². The Morgan fingerprint density at radius 1 is 1.45 bits per heavy atom. The number of hydrogen-bond acceptors (Lipinski definition) is 5. The first-order valence-corrected chi connectivity index (χ1v) is 8.86. The zero-order valence-corrected chi connectivity index (χ0v) is 13.3. The van der Waals surface area contributed by atoms with Crippen LogP contribution < -0.4 is 5.32 Å². The summed E-state index contributed by atoms with van der Waals surface area (Å²) in [6.45, 7) is 2.31. The number of thiazole rings is 1. The molecule has 1 aromatic heterocycles. The number of nitrogens with one attached hydrogen (secondary N) is 1. The predicted molar refractivity (Wildman–Crippen MR) is 86.6 cm³/mol. The van der Waals surface area contributed by atoms with Crippen molar-refractivity contribution in [2.75, 3.05) is 12.4 Å².